The quantitative estimate of drug-likeness (QED) is 0.756. The Kier molecular flexibility index (Phi) is 5.06. The normalized spacial score (nSPS) is 27.0. The second kappa shape index (κ2) is 7.13. The Hall–Kier alpha value is -2.32. The Labute approximate surface area is 153 Å². The molecule has 0 saturated carbocycles. The van der Waals surface area contributed by atoms with E-state index in [1.54, 1.807) is 12.1 Å². The number of hydrogen-bond donors (Lipinski definition) is 0. The third-order valence-corrected chi connectivity index (χ3v) is 5.56. The third kappa shape index (κ3) is 3.10. The van der Waals surface area contributed by atoms with E-state index in [9.17, 15) is 9.18 Å². The van der Waals surface area contributed by atoms with Gasteiger partial charge in [-0.05, 0) is 30.4 Å². The molecule has 4 atom stereocenters. The molecule has 4 nitrogen and oxygen atoms in total. The third-order valence-electron chi connectivity index (χ3n) is 5.56. The highest BCUT2D eigenvalue weighted by Crippen LogP contribution is 2.47. The van der Waals surface area contributed by atoms with E-state index in [1.807, 2.05) is 13.8 Å². The number of carbonyl (C=O) groups excluding carboxylic acids is 1. The van der Waals surface area contributed by atoms with Crippen LogP contribution < -0.4 is 4.74 Å². The van der Waals surface area contributed by atoms with Crippen LogP contribution in [0.4, 0.5) is 4.39 Å². The molecule has 0 aromatic heterocycles. The van der Waals surface area contributed by atoms with E-state index in [0.717, 1.165) is 0 Å². The second-order valence-electron chi connectivity index (χ2n) is 7.04. The molecule has 0 radical (unpaired) electrons. The van der Waals surface area contributed by atoms with Gasteiger partial charge in [-0.1, -0.05) is 19.9 Å². The van der Waals surface area contributed by atoms with Gasteiger partial charge in [-0.15, -0.1) is 12.3 Å². The number of rotatable bonds is 5. The summed E-state index contributed by atoms with van der Waals surface area (Å²) in [6.07, 6.45) is 7.94. The van der Waals surface area contributed by atoms with Crippen LogP contribution >= 0.6 is 0 Å². The van der Waals surface area contributed by atoms with Crippen LogP contribution in [0.15, 0.2) is 30.0 Å². The van der Waals surface area contributed by atoms with Crippen molar-refractivity contribution in [2.45, 2.75) is 32.3 Å². The van der Waals surface area contributed by atoms with Crippen molar-refractivity contribution in [2.75, 3.05) is 13.9 Å². The lowest BCUT2D eigenvalue weighted by Crippen LogP contribution is -2.46. The minimum absolute atomic E-state index is 0.0330. The van der Waals surface area contributed by atoms with Gasteiger partial charge in [0.1, 0.15) is 22.9 Å². The standard InChI is InChI=1S/C21H23FO4/c1-5-13(2)17-11-21(20(10-19(17)23)25-12-26-21)14(3)8-15-6-7-16(24-4)9-18(15)22/h1,6-7,9-10,13-14,17H,8,11-12H2,2-4H3/t13?,14-,17-,21+/m0/s1. The molecule has 0 bridgehead atoms. The molecular weight excluding hydrogens is 335 g/mol. The van der Waals surface area contributed by atoms with Crippen molar-refractivity contribution >= 4 is 5.78 Å². The summed E-state index contributed by atoms with van der Waals surface area (Å²) in [5.41, 5.74) is -0.184. The van der Waals surface area contributed by atoms with Crippen LogP contribution in [0.2, 0.25) is 0 Å². The Morgan fingerprint density at radius 2 is 2.23 bits per heavy atom. The van der Waals surface area contributed by atoms with Crippen LogP contribution in [0.3, 0.4) is 0 Å². The lowest BCUT2D eigenvalue weighted by Gasteiger charge is -2.39. The summed E-state index contributed by atoms with van der Waals surface area (Å²) in [5.74, 6) is 2.68. The number of ketones is 1. The van der Waals surface area contributed by atoms with Crippen molar-refractivity contribution in [3.63, 3.8) is 0 Å². The van der Waals surface area contributed by atoms with Crippen LogP contribution in [-0.4, -0.2) is 25.3 Å². The molecule has 1 saturated heterocycles. The Balaban J connectivity index is 1.89. The van der Waals surface area contributed by atoms with Crippen LogP contribution in [0.1, 0.15) is 25.8 Å². The fourth-order valence-electron chi connectivity index (χ4n) is 3.82. The van der Waals surface area contributed by atoms with Gasteiger partial charge < -0.3 is 14.2 Å². The molecule has 0 N–H and O–H groups in total. The number of carbonyl (C=O) groups is 1. The first kappa shape index (κ1) is 18.5. The van der Waals surface area contributed by atoms with E-state index in [4.69, 9.17) is 20.6 Å². The molecule has 1 aromatic rings. The lowest BCUT2D eigenvalue weighted by molar-refractivity contribution is -0.124. The number of methoxy groups -OCH3 is 1. The monoisotopic (exact) mass is 358 g/mol. The van der Waals surface area contributed by atoms with Gasteiger partial charge in [0.15, 0.2) is 12.6 Å². The maximum atomic E-state index is 14.4. The molecule has 1 aliphatic heterocycles. The van der Waals surface area contributed by atoms with Gasteiger partial charge >= 0.3 is 0 Å². The van der Waals surface area contributed by atoms with Crippen molar-refractivity contribution in [1.29, 1.82) is 0 Å². The van der Waals surface area contributed by atoms with Gasteiger partial charge in [-0.2, -0.15) is 0 Å². The van der Waals surface area contributed by atoms with Gasteiger partial charge in [0.05, 0.1) is 7.11 Å². The van der Waals surface area contributed by atoms with E-state index in [0.29, 0.717) is 29.9 Å². The smallest absolute Gasteiger partial charge is 0.189 e. The summed E-state index contributed by atoms with van der Waals surface area (Å²) < 4.78 is 31.0. The van der Waals surface area contributed by atoms with Gasteiger partial charge in [0, 0.05) is 24.0 Å². The van der Waals surface area contributed by atoms with Gasteiger partial charge in [0.2, 0.25) is 0 Å². The number of allylic oxidation sites excluding steroid dienone is 1. The van der Waals surface area contributed by atoms with E-state index >= 15 is 0 Å². The van der Waals surface area contributed by atoms with E-state index in [2.05, 4.69) is 5.92 Å². The van der Waals surface area contributed by atoms with Crippen LogP contribution in [0, 0.1) is 35.9 Å². The molecular formula is C21H23FO4. The zero-order chi connectivity index (χ0) is 18.9. The highest BCUT2D eigenvalue weighted by Gasteiger charge is 2.52. The second-order valence-corrected chi connectivity index (χ2v) is 7.04. The average molecular weight is 358 g/mol. The molecule has 1 aromatic carbocycles. The molecule has 26 heavy (non-hydrogen) atoms. The largest absolute Gasteiger partial charge is 0.497 e. The maximum Gasteiger partial charge on any atom is 0.189 e. The van der Waals surface area contributed by atoms with Crippen molar-refractivity contribution in [2.24, 2.45) is 17.8 Å². The number of hydrogen-bond acceptors (Lipinski definition) is 4. The zero-order valence-corrected chi connectivity index (χ0v) is 15.3. The maximum absolute atomic E-state index is 14.4. The molecule has 2 aliphatic rings. The van der Waals surface area contributed by atoms with Crippen LogP contribution in [-0.2, 0) is 20.7 Å². The first-order chi connectivity index (χ1) is 12.4. The predicted molar refractivity (Wildman–Crippen MR) is 94.8 cm³/mol. The van der Waals surface area contributed by atoms with Crippen LogP contribution in [0.25, 0.3) is 0 Å². The molecule has 1 unspecified atom stereocenters. The van der Waals surface area contributed by atoms with Crippen LogP contribution in [0.5, 0.6) is 5.75 Å². The number of benzene rings is 1. The summed E-state index contributed by atoms with van der Waals surface area (Å²) in [6.45, 7) is 3.93. The summed E-state index contributed by atoms with van der Waals surface area (Å²) in [4.78, 5) is 12.4. The van der Waals surface area contributed by atoms with Crippen molar-refractivity contribution in [3.8, 4) is 18.1 Å². The fraction of sp³-hybridized carbons (Fsp3) is 0.476. The Bertz CT molecular complexity index is 779. The minimum atomic E-state index is -0.754. The molecule has 3 rings (SSSR count). The molecule has 138 valence electrons. The summed E-state index contributed by atoms with van der Waals surface area (Å²) in [7, 11) is 1.50. The first-order valence-corrected chi connectivity index (χ1v) is 8.72. The van der Waals surface area contributed by atoms with E-state index in [-0.39, 0.29) is 36.1 Å². The molecule has 5 heteroatoms. The topological polar surface area (TPSA) is 44.8 Å². The number of halogens is 1. The fourth-order valence-corrected chi connectivity index (χ4v) is 3.82. The number of terminal acetylenes is 1. The Morgan fingerprint density at radius 1 is 1.46 bits per heavy atom. The number of ether oxygens (including phenoxy) is 3. The van der Waals surface area contributed by atoms with Crippen molar-refractivity contribution < 1.29 is 23.4 Å². The highest BCUT2D eigenvalue weighted by molar-refractivity contribution is 5.94. The molecule has 1 heterocycles. The Morgan fingerprint density at radius 3 is 2.88 bits per heavy atom. The molecule has 0 amide bonds. The van der Waals surface area contributed by atoms with Crippen molar-refractivity contribution in [3.05, 3.63) is 41.4 Å². The predicted octanol–water partition coefficient (Wildman–Crippen LogP) is 3.50. The van der Waals surface area contributed by atoms with E-state index < -0.39 is 5.60 Å². The minimum Gasteiger partial charge on any atom is -0.497 e. The van der Waals surface area contributed by atoms with Gasteiger partial charge in [-0.25, -0.2) is 4.39 Å². The number of fused-ring (bicyclic) bond motifs is 1. The van der Waals surface area contributed by atoms with Gasteiger partial charge in [-0.3, -0.25) is 4.79 Å². The van der Waals surface area contributed by atoms with Crippen molar-refractivity contribution in [1.82, 2.24) is 0 Å². The molecule has 1 fully saturated rings. The summed E-state index contributed by atoms with van der Waals surface area (Å²) in [6, 6.07) is 4.82. The molecule has 1 aliphatic carbocycles. The lowest BCUT2D eigenvalue weighted by atomic mass is 9.69. The highest BCUT2D eigenvalue weighted by atomic mass is 19.1. The summed E-state index contributed by atoms with van der Waals surface area (Å²) >= 11 is 0. The average Bonchev–Trinajstić information content (AvgIpc) is 3.05. The molecule has 0 spiro atoms. The zero-order valence-electron chi connectivity index (χ0n) is 15.3. The first-order valence-electron chi connectivity index (χ1n) is 8.72. The van der Waals surface area contributed by atoms with E-state index in [1.165, 1.54) is 19.3 Å². The van der Waals surface area contributed by atoms with Gasteiger partial charge in [0.25, 0.3) is 0 Å². The SMILES string of the molecule is C#CC(C)[C@@H]1C[C@]2([C@@H](C)Cc3ccc(OC)cc3F)OCOC2=CC1=O. The summed E-state index contributed by atoms with van der Waals surface area (Å²) in [5, 5.41) is 0.